The van der Waals surface area contributed by atoms with Crippen molar-refractivity contribution in [1.29, 1.82) is 0 Å². The van der Waals surface area contributed by atoms with Gasteiger partial charge in [-0.2, -0.15) is 0 Å². The zero-order valence-corrected chi connectivity index (χ0v) is 17.4. The number of para-hydroxylation sites is 1. The zero-order valence-electron chi connectivity index (χ0n) is 17.4. The van der Waals surface area contributed by atoms with Crippen LogP contribution in [0.15, 0.2) is 53.7 Å². The third-order valence-corrected chi connectivity index (χ3v) is 5.93. The van der Waals surface area contributed by atoms with E-state index in [0.29, 0.717) is 35.7 Å². The highest BCUT2D eigenvalue weighted by Crippen LogP contribution is 2.45. The van der Waals surface area contributed by atoms with Crippen LogP contribution in [0.4, 0.5) is 0 Å². The molecule has 2 aliphatic rings. The second-order valence-electron chi connectivity index (χ2n) is 7.58. The Labute approximate surface area is 175 Å². The summed E-state index contributed by atoms with van der Waals surface area (Å²) in [6.07, 6.45) is 1.22. The number of nitrogens with one attached hydrogen (secondary N) is 1. The fourth-order valence-electron chi connectivity index (χ4n) is 4.52. The van der Waals surface area contributed by atoms with Gasteiger partial charge in [-0.05, 0) is 36.1 Å². The fraction of sp³-hybridized carbons (Fsp3) is 0.333. The van der Waals surface area contributed by atoms with Crippen molar-refractivity contribution in [3.05, 3.63) is 64.9 Å². The number of Topliss-reactive ketones (excluding diaryl/α,β-unsaturated/α-hetero) is 1. The standard InChI is InChI=1S/C24H25NO5/c1-28-20-7-5-4-6-16(20)17-13-23(27)25-18-10-15(11-19(26)24(17)18)14-8-9-21(29-2)22(12-14)30-3/h4-9,12,15,17H,10-11,13H2,1-3H3,(H,25,27)/t15-,17+/m0/s1. The summed E-state index contributed by atoms with van der Waals surface area (Å²) in [4.78, 5) is 25.8. The number of hydrogen-bond acceptors (Lipinski definition) is 5. The summed E-state index contributed by atoms with van der Waals surface area (Å²) in [5.41, 5.74) is 3.29. The summed E-state index contributed by atoms with van der Waals surface area (Å²) >= 11 is 0. The van der Waals surface area contributed by atoms with Gasteiger partial charge in [0.2, 0.25) is 5.91 Å². The van der Waals surface area contributed by atoms with E-state index in [2.05, 4.69) is 5.32 Å². The van der Waals surface area contributed by atoms with Gasteiger partial charge in [-0.1, -0.05) is 24.3 Å². The molecule has 1 aliphatic heterocycles. The Kier molecular flexibility index (Phi) is 5.48. The van der Waals surface area contributed by atoms with Crippen LogP contribution in [0.25, 0.3) is 0 Å². The second-order valence-corrected chi connectivity index (χ2v) is 7.58. The van der Waals surface area contributed by atoms with E-state index in [1.807, 2.05) is 42.5 Å². The molecular formula is C24H25NO5. The Balaban J connectivity index is 1.71. The van der Waals surface area contributed by atoms with E-state index >= 15 is 0 Å². The molecule has 1 amide bonds. The molecule has 0 spiro atoms. The first-order valence-corrected chi connectivity index (χ1v) is 9.96. The minimum Gasteiger partial charge on any atom is -0.496 e. The van der Waals surface area contributed by atoms with Crippen molar-refractivity contribution in [1.82, 2.24) is 5.32 Å². The highest BCUT2D eigenvalue weighted by Gasteiger charge is 2.39. The van der Waals surface area contributed by atoms with Gasteiger partial charge in [0, 0.05) is 35.6 Å². The Morgan fingerprint density at radius 2 is 1.57 bits per heavy atom. The average molecular weight is 407 g/mol. The molecule has 1 aliphatic carbocycles. The van der Waals surface area contributed by atoms with E-state index in [1.54, 1.807) is 21.3 Å². The Morgan fingerprint density at radius 1 is 0.833 bits per heavy atom. The molecule has 1 heterocycles. The van der Waals surface area contributed by atoms with Gasteiger partial charge in [0.1, 0.15) is 5.75 Å². The van der Waals surface area contributed by atoms with Crippen LogP contribution >= 0.6 is 0 Å². The largest absolute Gasteiger partial charge is 0.496 e. The van der Waals surface area contributed by atoms with Gasteiger partial charge in [0.15, 0.2) is 17.3 Å². The molecule has 6 nitrogen and oxygen atoms in total. The van der Waals surface area contributed by atoms with Crippen molar-refractivity contribution in [2.45, 2.75) is 31.1 Å². The van der Waals surface area contributed by atoms with E-state index < -0.39 is 0 Å². The van der Waals surface area contributed by atoms with Crippen LogP contribution in [0.2, 0.25) is 0 Å². The lowest BCUT2D eigenvalue weighted by Crippen LogP contribution is -2.38. The lowest BCUT2D eigenvalue weighted by Gasteiger charge is -2.35. The van der Waals surface area contributed by atoms with Crippen LogP contribution in [0.3, 0.4) is 0 Å². The topological polar surface area (TPSA) is 73.9 Å². The number of allylic oxidation sites excluding steroid dienone is 2. The van der Waals surface area contributed by atoms with E-state index in [-0.39, 0.29) is 29.9 Å². The molecule has 0 fully saturated rings. The fourth-order valence-corrected chi connectivity index (χ4v) is 4.52. The Hall–Kier alpha value is -3.28. The molecule has 30 heavy (non-hydrogen) atoms. The van der Waals surface area contributed by atoms with Gasteiger partial charge < -0.3 is 19.5 Å². The van der Waals surface area contributed by atoms with Crippen molar-refractivity contribution in [2.75, 3.05) is 21.3 Å². The van der Waals surface area contributed by atoms with Crippen LogP contribution in [0.5, 0.6) is 17.2 Å². The highest BCUT2D eigenvalue weighted by atomic mass is 16.5. The summed E-state index contributed by atoms with van der Waals surface area (Å²) in [6.45, 7) is 0. The number of rotatable bonds is 5. The normalized spacial score (nSPS) is 21.0. The van der Waals surface area contributed by atoms with Crippen molar-refractivity contribution in [2.24, 2.45) is 0 Å². The first kappa shape index (κ1) is 20.0. The molecule has 0 saturated heterocycles. The molecule has 2 atom stereocenters. The third kappa shape index (κ3) is 3.54. The lowest BCUT2D eigenvalue weighted by atomic mass is 9.73. The van der Waals surface area contributed by atoms with E-state index in [0.717, 1.165) is 16.8 Å². The average Bonchev–Trinajstić information content (AvgIpc) is 2.77. The van der Waals surface area contributed by atoms with Crippen molar-refractivity contribution in [3.63, 3.8) is 0 Å². The molecule has 2 aromatic carbocycles. The molecule has 0 aromatic heterocycles. The van der Waals surface area contributed by atoms with Crippen LogP contribution in [-0.4, -0.2) is 33.0 Å². The van der Waals surface area contributed by atoms with Crippen molar-refractivity contribution in [3.8, 4) is 17.2 Å². The second kappa shape index (κ2) is 8.22. The molecule has 156 valence electrons. The van der Waals surface area contributed by atoms with Gasteiger partial charge >= 0.3 is 0 Å². The molecular weight excluding hydrogens is 382 g/mol. The van der Waals surface area contributed by atoms with Crippen molar-refractivity contribution < 1.29 is 23.8 Å². The number of ether oxygens (including phenoxy) is 3. The monoisotopic (exact) mass is 407 g/mol. The molecule has 0 unspecified atom stereocenters. The quantitative estimate of drug-likeness (QED) is 0.818. The third-order valence-electron chi connectivity index (χ3n) is 5.93. The molecule has 4 rings (SSSR count). The smallest absolute Gasteiger partial charge is 0.225 e. The number of hydrogen-bond donors (Lipinski definition) is 1. The number of benzene rings is 2. The van der Waals surface area contributed by atoms with Gasteiger partial charge in [-0.15, -0.1) is 0 Å². The highest BCUT2D eigenvalue weighted by molar-refractivity contribution is 6.02. The Morgan fingerprint density at radius 3 is 2.30 bits per heavy atom. The van der Waals surface area contributed by atoms with Gasteiger partial charge in [0.05, 0.1) is 21.3 Å². The SMILES string of the molecule is COc1ccc([C@@H]2CC(=O)C3=C(C2)NC(=O)C[C@@H]3c2ccccc2OC)cc1OC. The summed E-state index contributed by atoms with van der Waals surface area (Å²) in [7, 11) is 4.79. The van der Waals surface area contributed by atoms with Gasteiger partial charge in [-0.3, -0.25) is 9.59 Å². The molecule has 0 radical (unpaired) electrons. The van der Waals surface area contributed by atoms with Crippen LogP contribution < -0.4 is 19.5 Å². The summed E-state index contributed by atoms with van der Waals surface area (Å²) in [5.74, 6) is 1.63. The van der Waals surface area contributed by atoms with E-state index in [9.17, 15) is 9.59 Å². The van der Waals surface area contributed by atoms with E-state index in [1.165, 1.54) is 0 Å². The van der Waals surface area contributed by atoms with Gasteiger partial charge in [0.25, 0.3) is 0 Å². The number of methoxy groups -OCH3 is 3. The summed E-state index contributed by atoms with van der Waals surface area (Å²) < 4.78 is 16.2. The predicted molar refractivity (Wildman–Crippen MR) is 112 cm³/mol. The molecule has 1 N–H and O–H groups in total. The summed E-state index contributed by atoms with van der Waals surface area (Å²) in [6, 6.07) is 13.3. The van der Waals surface area contributed by atoms with Crippen LogP contribution in [0, 0.1) is 0 Å². The number of carbonyl (C=O) groups excluding carboxylic acids is 2. The zero-order chi connectivity index (χ0) is 21.3. The maximum absolute atomic E-state index is 13.3. The first-order valence-electron chi connectivity index (χ1n) is 9.96. The maximum Gasteiger partial charge on any atom is 0.225 e. The number of carbonyl (C=O) groups is 2. The number of ketones is 1. The Bertz CT molecular complexity index is 1030. The minimum absolute atomic E-state index is 0.0345. The lowest BCUT2D eigenvalue weighted by molar-refractivity contribution is -0.122. The van der Waals surface area contributed by atoms with Crippen LogP contribution in [0.1, 0.15) is 42.2 Å². The van der Waals surface area contributed by atoms with Crippen molar-refractivity contribution >= 4 is 11.7 Å². The summed E-state index contributed by atoms with van der Waals surface area (Å²) in [5, 5.41) is 2.96. The van der Waals surface area contributed by atoms with Crippen LogP contribution in [-0.2, 0) is 9.59 Å². The van der Waals surface area contributed by atoms with Gasteiger partial charge in [-0.25, -0.2) is 0 Å². The molecule has 0 saturated carbocycles. The molecule has 6 heteroatoms. The molecule has 0 bridgehead atoms. The maximum atomic E-state index is 13.3. The van der Waals surface area contributed by atoms with E-state index in [4.69, 9.17) is 14.2 Å². The number of amides is 1. The predicted octanol–water partition coefficient (Wildman–Crippen LogP) is 3.72. The minimum atomic E-state index is -0.288. The first-order chi connectivity index (χ1) is 14.5. The molecule has 2 aromatic rings.